The van der Waals surface area contributed by atoms with Crippen molar-refractivity contribution in [2.75, 3.05) is 11.9 Å². The topological polar surface area (TPSA) is 91.6 Å². The molecule has 6 nitrogen and oxygen atoms in total. The van der Waals surface area contributed by atoms with Crippen LogP contribution in [-0.4, -0.2) is 23.5 Å². The van der Waals surface area contributed by atoms with Gasteiger partial charge in [0.25, 0.3) is 0 Å². The number of carbonyl (C=O) groups is 2. The molecular formula is C17H20N2O4. The normalized spacial score (nSPS) is 11.8. The van der Waals surface area contributed by atoms with Crippen molar-refractivity contribution in [2.45, 2.75) is 26.9 Å². The van der Waals surface area contributed by atoms with E-state index in [1.807, 2.05) is 26.0 Å². The van der Waals surface area contributed by atoms with Gasteiger partial charge in [-0.05, 0) is 50.1 Å². The molecule has 0 aliphatic rings. The molecule has 0 bridgehead atoms. The summed E-state index contributed by atoms with van der Waals surface area (Å²) in [6, 6.07) is 8.93. The zero-order valence-corrected chi connectivity index (χ0v) is 13.3. The Balaban J connectivity index is 1.90. The van der Waals surface area contributed by atoms with Crippen molar-refractivity contribution in [3.05, 3.63) is 53.0 Å². The summed E-state index contributed by atoms with van der Waals surface area (Å²) in [5.41, 5.74) is 2.44. The highest BCUT2D eigenvalue weighted by molar-refractivity contribution is 6.39. The summed E-state index contributed by atoms with van der Waals surface area (Å²) in [7, 11) is 0. The summed E-state index contributed by atoms with van der Waals surface area (Å²) in [5, 5.41) is 14.8. The third kappa shape index (κ3) is 4.43. The highest BCUT2D eigenvalue weighted by Gasteiger charge is 2.18. The van der Waals surface area contributed by atoms with Crippen LogP contribution in [0.1, 0.15) is 28.8 Å². The number of rotatable bonds is 4. The van der Waals surface area contributed by atoms with Crippen LogP contribution in [0.15, 0.2) is 34.7 Å². The number of furan rings is 1. The van der Waals surface area contributed by atoms with Gasteiger partial charge in [0.1, 0.15) is 17.6 Å². The Kier molecular flexibility index (Phi) is 5.18. The average molecular weight is 316 g/mol. The van der Waals surface area contributed by atoms with E-state index in [1.165, 1.54) is 0 Å². The van der Waals surface area contributed by atoms with Crippen molar-refractivity contribution >= 4 is 17.5 Å². The molecule has 1 atom stereocenters. The lowest BCUT2D eigenvalue weighted by atomic mass is 10.1. The fourth-order valence-corrected chi connectivity index (χ4v) is 2.05. The first-order valence-electron chi connectivity index (χ1n) is 7.27. The molecule has 23 heavy (non-hydrogen) atoms. The number of benzene rings is 1. The molecule has 6 heteroatoms. The molecule has 0 saturated carbocycles. The van der Waals surface area contributed by atoms with Crippen molar-refractivity contribution in [2.24, 2.45) is 0 Å². The number of carbonyl (C=O) groups excluding carboxylic acids is 2. The summed E-state index contributed by atoms with van der Waals surface area (Å²) in [6.07, 6.45) is -0.999. The second kappa shape index (κ2) is 7.11. The van der Waals surface area contributed by atoms with Crippen LogP contribution in [0, 0.1) is 20.8 Å². The molecule has 2 amide bonds. The Morgan fingerprint density at radius 1 is 1.13 bits per heavy atom. The molecule has 0 fully saturated rings. The van der Waals surface area contributed by atoms with E-state index in [-0.39, 0.29) is 6.54 Å². The summed E-state index contributed by atoms with van der Waals surface area (Å²) in [5.74, 6) is -0.578. The van der Waals surface area contributed by atoms with Gasteiger partial charge in [0, 0.05) is 5.69 Å². The fraction of sp³-hybridized carbons (Fsp3) is 0.294. The van der Waals surface area contributed by atoms with Gasteiger partial charge in [0.2, 0.25) is 0 Å². The molecular weight excluding hydrogens is 296 g/mol. The van der Waals surface area contributed by atoms with Gasteiger partial charge in [-0.1, -0.05) is 12.1 Å². The van der Waals surface area contributed by atoms with Crippen molar-refractivity contribution < 1.29 is 19.1 Å². The summed E-state index contributed by atoms with van der Waals surface area (Å²) >= 11 is 0. The van der Waals surface area contributed by atoms with Gasteiger partial charge in [0.05, 0.1) is 6.54 Å². The van der Waals surface area contributed by atoms with E-state index in [4.69, 9.17) is 4.42 Å². The van der Waals surface area contributed by atoms with E-state index < -0.39 is 17.9 Å². The van der Waals surface area contributed by atoms with E-state index in [2.05, 4.69) is 10.6 Å². The number of amides is 2. The molecule has 0 aliphatic carbocycles. The number of hydrogen-bond acceptors (Lipinski definition) is 4. The number of aliphatic hydroxyl groups is 1. The quantitative estimate of drug-likeness (QED) is 0.752. The van der Waals surface area contributed by atoms with Gasteiger partial charge < -0.3 is 20.2 Å². The largest absolute Gasteiger partial charge is 0.464 e. The molecule has 1 aromatic heterocycles. The minimum atomic E-state index is -0.999. The van der Waals surface area contributed by atoms with E-state index >= 15 is 0 Å². The molecule has 0 aliphatic heterocycles. The third-order valence-corrected chi connectivity index (χ3v) is 3.39. The van der Waals surface area contributed by atoms with Crippen LogP contribution in [-0.2, 0) is 9.59 Å². The fourth-order valence-electron chi connectivity index (χ4n) is 2.05. The average Bonchev–Trinajstić information content (AvgIpc) is 2.94. The first kappa shape index (κ1) is 16.8. The van der Waals surface area contributed by atoms with Gasteiger partial charge >= 0.3 is 11.8 Å². The predicted molar refractivity (Wildman–Crippen MR) is 86.0 cm³/mol. The number of aliphatic hydroxyl groups excluding tert-OH is 1. The SMILES string of the molecule is Cc1ccc(C)c(NC(=O)C(=O)NCC(O)c2ccc(C)o2)c1. The van der Waals surface area contributed by atoms with Crippen molar-refractivity contribution in [3.8, 4) is 0 Å². The minimum Gasteiger partial charge on any atom is -0.464 e. The number of hydrogen-bond donors (Lipinski definition) is 3. The lowest BCUT2D eigenvalue weighted by molar-refractivity contribution is -0.136. The molecule has 1 unspecified atom stereocenters. The van der Waals surface area contributed by atoms with E-state index in [0.717, 1.165) is 11.1 Å². The molecule has 2 rings (SSSR count). The molecule has 1 heterocycles. The Morgan fingerprint density at radius 3 is 2.52 bits per heavy atom. The molecule has 0 radical (unpaired) electrons. The Morgan fingerprint density at radius 2 is 1.87 bits per heavy atom. The van der Waals surface area contributed by atoms with Crippen molar-refractivity contribution in [1.82, 2.24) is 5.32 Å². The predicted octanol–water partition coefficient (Wildman–Crippen LogP) is 1.99. The van der Waals surface area contributed by atoms with Crippen LogP contribution in [0.3, 0.4) is 0 Å². The Bertz CT molecular complexity index is 721. The number of nitrogens with one attached hydrogen (secondary N) is 2. The first-order chi connectivity index (χ1) is 10.9. The lowest BCUT2D eigenvalue weighted by Gasteiger charge is -2.11. The molecule has 2 aromatic rings. The summed E-state index contributed by atoms with van der Waals surface area (Å²) in [6.45, 7) is 5.39. The van der Waals surface area contributed by atoms with E-state index in [9.17, 15) is 14.7 Å². The maximum absolute atomic E-state index is 11.9. The maximum atomic E-state index is 11.9. The molecule has 0 saturated heterocycles. The number of aryl methyl sites for hydroxylation is 3. The van der Waals surface area contributed by atoms with Gasteiger partial charge in [-0.2, -0.15) is 0 Å². The van der Waals surface area contributed by atoms with Crippen LogP contribution in [0.5, 0.6) is 0 Å². The zero-order valence-electron chi connectivity index (χ0n) is 13.3. The smallest absolute Gasteiger partial charge is 0.313 e. The molecule has 3 N–H and O–H groups in total. The third-order valence-electron chi connectivity index (χ3n) is 3.39. The van der Waals surface area contributed by atoms with Crippen LogP contribution in [0.25, 0.3) is 0 Å². The highest BCUT2D eigenvalue weighted by atomic mass is 16.4. The molecule has 1 aromatic carbocycles. The standard InChI is InChI=1S/C17H20N2O4/c1-10-4-5-11(2)13(8-10)19-17(22)16(21)18-9-14(20)15-7-6-12(3)23-15/h4-8,14,20H,9H2,1-3H3,(H,18,21)(H,19,22). The van der Waals surface area contributed by atoms with Crippen LogP contribution in [0.4, 0.5) is 5.69 Å². The molecule has 0 spiro atoms. The van der Waals surface area contributed by atoms with Crippen molar-refractivity contribution in [3.63, 3.8) is 0 Å². The highest BCUT2D eigenvalue weighted by Crippen LogP contribution is 2.17. The second-order valence-electron chi connectivity index (χ2n) is 5.45. The van der Waals surface area contributed by atoms with Crippen LogP contribution >= 0.6 is 0 Å². The molecule has 122 valence electrons. The summed E-state index contributed by atoms with van der Waals surface area (Å²) in [4.78, 5) is 23.7. The van der Waals surface area contributed by atoms with Crippen LogP contribution in [0.2, 0.25) is 0 Å². The minimum absolute atomic E-state index is 0.105. The van der Waals surface area contributed by atoms with Gasteiger partial charge in [-0.15, -0.1) is 0 Å². The zero-order chi connectivity index (χ0) is 17.0. The Hall–Kier alpha value is -2.60. The monoisotopic (exact) mass is 316 g/mol. The van der Waals surface area contributed by atoms with Gasteiger partial charge in [-0.3, -0.25) is 9.59 Å². The van der Waals surface area contributed by atoms with E-state index in [1.54, 1.807) is 25.1 Å². The number of anilines is 1. The van der Waals surface area contributed by atoms with Crippen molar-refractivity contribution in [1.29, 1.82) is 0 Å². The second-order valence-corrected chi connectivity index (χ2v) is 5.45. The first-order valence-corrected chi connectivity index (χ1v) is 7.27. The Labute approximate surface area is 134 Å². The lowest BCUT2D eigenvalue weighted by Crippen LogP contribution is -2.37. The van der Waals surface area contributed by atoms with Crippen LogP contribution < -0.4 is 10.6 Å². The van der Waals surface area contributed by atoms with Gasteiger partial charge in [-0.25, -0.2) is 0 Å². The van der Waals surface area contributed by atoms with Gasteiger partial charge in [0.15, 0.2) is 0 Å². The summed E-state index contributed by atoms with van der Waals surface area (Å²) < 4.78 is 5.26. The van der Waals surface area contributed by atoms with E-state index in [0.29, 0.717) is 17.2 Å². The maximum Gasteiger partial charge on any atom is 0.313 e.